The summed E-state index contributed by atoms with van der Waals surface area (Å²) in [6, 6.07) is 0. The van der Waals surface area contributed by atoms with Gasteiger partial charge in [-0.3, -0.25) is 0 Å². The van der Waals surface area contributed by atoms with E-state index in [1.54, 1.807) is 20.4 Å². The van der Waals surface area contributed by atoms with Crippen LogP contribution in [0.15, 0.2) is 6.33 Å². The average Bonchev–Trinajstić information content (AvgIpc) is 2.46. The molecule has 21 heavy (non-hydrogen) atoms. The highest BCUT2D eigenvalue weighted by Crippen LogP contribution is 2.22. The van der Waals surface area contributed by atoms with E-state index in [1.165, 1.54) is 0 Å². The van der Waals surface area contributed by atoms with Gasteiger partial charge in [0.15, 0.2) is 0 Å². The van der Waals surface area contributed by atoms with Crippen LogP contribution in [-0.4, -0.2) is 47.5 Å². The summed E-state index contributed by atoms with van der Waals surface area (Å²) in [5.41, 5.74) is 0.243. The fourth-order valence-corrected chi connectivity index (χ4v) is 2.06. The first kappa shape index (κ1) is 17.7. The Balaban J connectivity index is 2.79. The number of rotatable bonds is 10. The molecule has 1 aromatic rings. The van der Waals surface area contributed by atoms with Gasteiger partial charge in [0.25, 0.3) is 0 Å². The second-order valence-corrected chi connectivity index (χ2v) is 5.42. The third-order valence-electron chi connectivity index (χ3n) is 3.27. The third kappa shape index (κ3) is 5.85. The maximum atomic E-state index is 10.3. The molecule has 1 atom stereocenters. The summed E-state index contributed by atoms with van der Waals surface area (Å²) in [6.07, 6.45) is 4.03. The van der Waals surface area contributed by atoms with E-state index in [4.69, 9.17) is 4.74 Å². The molecule has 1 unspecified atom stereocenters. The van der Waals surface area contributed by atoms with E-state index in [0.29, 0.717) is 19.6 Å². The van der Waals surface area contributed by atoms with Crippen molar-refractivity contribution in [2.24, 2.45) is 0 Å². The van der Waals surface area contributed by atoms with Crippen molar-refractivity contribution < 1.29 is 9.84 Å². The lowest BCUT2D eigenvalue weighted by atomic mass is 10.0. The first-order valence-corrected chi connectivity index (χ1v) is 7.57. The van der Waals surface area contributed by atoms with Crippen LogP contribution in [0.3, 0.4) is 0 Å². The van der Waals surface area contributed by atoms with Gasteiger partial charge in [-0.2, -0.15) is 0 Å². The Morgan fingerprint density at radius 2 is 1.90 bits per heavy atom. The monoisotopic (exact) mass is 296 g/mol. The SMILES string of the molecule is CCCc1c(NCC)ncnc1NCC(C)(O)CCOC. The first-order chi connectivity index (χ1) is 10.0. The average molecular weight is 296 g/mol. The Bertz CT molecular complexity index is 424. The van der Waals surface area contributed by atoms with Gasteiger partial charge in [0.1, 0.15) is 18.0 Å². The van der Waals surface area contributed by atoms with E-state index in [-0.39, 0.29) is 0 Å². The second-order valence-electron chi connectivity index (χ2n) is 5.42. The summed E-state index contributed by atoms with van der Waals surface area (Å²) < 4.78 is 5.02. The zero-order valence-electron chi connectivity index (χ0n) is 13.6. The Kier molecular flexibility index (Phi) is 7.39. The van der Waals surface area contributed by atoms with Gasteiger partial charge in [-0.25, -0.2) is 9.97 Å². The van der Waals surface area contributed by atoms with Crippen LogP contribution < -0.4 is 10.6 Å². The quantitative estimate of drug-likeness (QED) is 0.613. The minimum Gasteiger partial charge on any atom is -0.388 e. The van der Waals surface area contributed by atoms with E-state index in [9.17, 15) is 5.11 Å². The number of ether oxygens (including phenoxy) is 1. The third-order valence-corrected chi connectivity index (χ3v) is 3.27. The highest BCUT2D eigenvalue weighted by Gasteiger charge is 2.21. The summed E-state index contributed by atoms with van der Waals surface area (Å²) in [5, 5.41) is 16.8. The predicted molar refractivity (Wildman–Crippen MR) is 85.8 cm³/mol. The molecule has 0 amide bonds. The lowest BCUT2D eigenvalue weighted by Gasteiger charge is -2.24. The van der Waals surface area contributed by atoms with Crippen LogP contribution in [0.5, 0.6) is 0 Å². The normalized spacial score (nSPS) is 13.8. The van der Waals surface area contributed by atoms with E-state index in [2.05, 4.69) is 27.5 Å². The summed E-state index contributed by atoms with van der Waals surface area (Å²) in [5.74, 6) is 1.66. The van der Waals surface area contributed by atoms with Crippen LogP contribution in [0.2, 0.25) is 0 Å². The van der Waals surface area contributed by atoms with Crippen molar-refractivity contribution in [1.82, 2.24) is 9.97 Å². The van der Waals surface area contributed by atoms with Crippen molar-refractivity contribution >= 4 is 11.6 Å². The van der Waals surface area contributed by atoms with E-state index in [0.717, 1.165) is 36.6 Å². The number of nitrogens with one attached hydrogen (secondary N) is 2. The van der Waals surface area contributed by atoms with Crippen LogP contribution in [0, 0.1) is 0 Å². The molecule has 0 spiro atoms. The zero-order chi connectivity index (χ0) is 15.7. The molecule has 1 rings (SSSR count). The molecule has 1 heterocycles. The Morgan fingerprint density at radius 1 is 1.24 bits per heavy atom. The minimum atomic E-state index is -0.831. The maximum absolute atomic E-state index is 10.3. The number of aromatic nitrogens is 2. The van der Waals surface area contributed by atoms with E-state index in [1.807, 2.05) is 6.92 Å². The molecule has 120 valence electrons. The number of aliphatic hydroxyl groups is 1. The van der Waals surface area contributed by atoms with Crippen molar-refractivity contribution in [3.63, 3.8) is 0 Å². The van der Waals surface area contributed by atoms with Crippen LogP contribution in [0.25, 0.3) is 0 Å². The summed E-state index contributed by atoms with van der Waals surface area (Å²) in [6.45, 7) is 7.74. The van der Waals surface area contributed by atoms with Gasteiger partial charge in [-0.1, -0.05) is 13.3 Å². The molecule has 3 N–H and O–H groups in total. The molecule has 0 aromatic carbocycles. The van der Waals surface area contributed by atoms with Crippen LogP contribution >= 0.6 is 0 Å². The number of methoxy groups -OCH3 is 1. The number of nitrogens with zero attached hydrogens (tertiary/aromatic N) is 2. The highest BCUT2D eigenvalue weighted by atomic mass is 16.5. The molecule has 1 aromatic heterocycles. The minimum absolute atomic E-state index is 0.426. The van der Waals surface area contributed by atoms with Crippen molar-refractivity contribution in [3.8, 4) is 0 Å². The van der Waals surface area contributed by atoms with Gasteiger partial charge < -0.3 is 20.5 Å². The van der Waals surface area contributed by atoms with Crippen molar-refractivity contribution in [2.45, 2.75) is 45.6 Å². The zero-order valence-corrected chi connectivity index (χ0v) is 13.6. The summed E-state index contributed by atoms with van der Waals surface area (Å²) in [7, 11) is 1.63. The van der Waals surface area contributed by atoms with Gasteiger partial charge in [-0.15, -0.1) is 0 Å². The van der Waals surface area contributed by atoms with Gasteiger partial charge in [-0.05, 0) is 20.3 Å². The van der Waals surface area contributed by atoms with Crippen molar-refractivity contribution in [1.29, 1.82) is 0 Å². The molecule has 0 radical (unpaired) electrons. The fourth-order valence-electron chi connectivity index (χ4n) is 2.06. The topological polar surface area (TPSA) is 79.3 Å². The molecular formula is C15H28N4O2. The highest BCUT2D eigenvalue weighted by molar-refractivity contribution is 5.57. The lowest BCUT2D eigenvalue weighted by molar-refractivity contribution is 0.0357. The second kappa shape index (κ2) is 8.79. The first-order valence-electron chi connectivity index (χ1n) is 7.57. The predicted octanol–water partition coefficient (Wildman–Crippen LogP) is 2.06. The maximum Gasteiger partial charge on any atom is 0.134 e. The molecule has 0 saturated heterocycles. The molecule has 0 aliphatic heterocycles. The van der Waals surface area contributed by atoms with Gasteiger partial charge in [0.05, 0.1) is 5.60 Å². The molecular weight excluding hydrogens is 268 g/mol. The number of hydrogen-bond donors (Lipinski definition) is 3. The van der Waals surface area contributed by atoms with Crippen LogP contribution in [-0.2, 0) is 11.2 Å². The molecule has 0 aliphatic carbocycles. The molecule has 0 bridgehead atoms. The van der Waals surface area contributed by atoms with Crippen LogP contribution in [0.4, 0.5) is 11.6 Å². The molecule has 0 fully saturated rings. The molecule has 6 heteroatoms. The van der Waals surface area contributed by atoms with Gasteiger partial charge in [0, 0.05) is 38.8 Å². The van der Waals surface area contributed by atoms with Gasteiger partial charge in [0.2, 0.25) is 0 Å². The number of anilines is 2. The number of hydrogen-bond acceptors (Lipinski definition) is 6. The lowest BCUT2D eigenvalue weighted by Crippen LogP contribution is -2.35. The largest absolute Gasteiger partial charge is 0.388 e. The Morgan fingerprint density at radius 3 is 2.48 bits per heavy atom. The van der Waals surface area contributed by atoms with E-state index >= 15 is 0 Å². The Hall–Kier alpha value is -1.40. The molecule has 0 aliphatic rings. The van der Waals surface area contributed by atoms with Gasteiger partial charge >= 0.3 is 0 Å². The fraction of sp³-hybridized carbons (Fsp3) is 0.733. The Labute approximate surface area is 127 Å². The standard InChI is InChI=1S/C15H28N4O2/c1-5-7-12-13(16-6-2)18-11-19-14(12)17-10-15(3,20)8-9-21-4/h11,20H,5-10H2,1-4H3,(H2,16,17,18,19). The smallest absolute Gasteiger partial charge is 0.134 e. The summed E-state index contributed by atoms with van der Waals surface area (Å²) >= 11 is 0. The van der Waals surface area contributed by atoms with Crippen molar-refractivity contribution in [3.05, 3.63) is 11.9 Å². The van der Waals surface area contributed by atoms with E-state index < -0.39 is 5.60 Å². The van der Waals surface area contributed by atoms with Crippen molar-refractivity contribution in [2.75, 3.05) is 37.4 Å². The summed E-state index contributed by atoms with van der Waals surface area (Å²) in [4.78, 5) is 8.62. The molecule has 0 saturated carbocycles. The molecule has 6 nitrogen and oxygen atoms in total. The van der Waals surface area contributed by atoms with Crippen LogP contribution in [0.1, 0.15) is 39.2 Å².